The fraction of sp³-hybridized carbons (Fsp3) is 0.357. The van der Waals surface area contributed by atoms with Crippen molar-refractivity contribution in [2.75, 3.05) is 5.32 Å². The van der Waals surface area contributed by atoms with Crippen molar-refractivity contribution in [3.05, 3.63) is 71.4 Å². The van der Waals surface area contributed by atoms with Crippen LogP contribution in [-0.4, -0.2) is 33.6 Å². The van der Waals surface area contributed by atoms with E-state index in [1.54, 1.807) is 17.5 Å². The Kier molecular flexibility index (Phi) is 6.03. The lowest BCUT2D eigenvalue weighted by Crippen LogP contribution is -2.64. The molecule has 2 fully saturated rings. The molecule has 2 heterocycles. The largest absolute Gasteiger partial charge is 0.300 e. The highest BCUT2D eigenvalue weighted by Gasteiger charge is 2.65. The minimum atomic E-state index is -0.999. The lowest BCUT2D eigenvalue weighted by Gasteiger charge is -2.49. The molecule has 5 rings (SSSR count). The maximum atomic E-state index is 13.8. The molecule has 3 aromatic rings. The molecule has 36 heavy (non-hydrogen) atoms. The molecule has 2 aliphatic rings. The molecule has 3 atom stereocenters. The highest BCUT2D eigenvalue weighted by Crippen LogP contribution is 2.60. The Morgan fingerprint density at radius 2 is 1.83 bits per heavy atom. The minimum absolute atomic E-state index is 0.212. The Labute approximate surface area is 213 Å². The molecular weight excluding hydrogens is 477 g/mol. The molecular formula is C28H28FN3O3S. The molecule has 1 aliphatic heterocycles. The topological polar surface area (TPSA) is 79.4 Å². The minimum Gasteiger partial charge on any atom is -0.300 e. The van der Waals surface area contributed by atoms with E-state index in [0.29, 0.717) is 23.7 Å². The van der Waals surface area contributed by atoms with Gasteiger partial charge in [0.2, 0.25) is 17.7 Å². The van der Waals surface area contributed by atoms with E-state index >= 15 is 0 Å². The summed E-state index contributed by atoms with van der Waals surface area (Å²) < 4.78 is 13.3. The van der Waals surface area contributed by atoms with E-state index < -0.39 is 22.8 Å². The van der Waals surface area contributed by atoms with Crippen LogP contribution in [0.5, 0.6) is 0 Å². The van der Waals surface area contributed by atoms with Gasteiger partial charge in [-0.15, -0.1) is 11.3 Å². The van der Waals surface area contributed by atoms with Crippen molar-refractivity contribution < 1.29 is 18.8 Å². The molecule has 186 valence electrons. The number of aromatic nitrogens is 1. The van der Waals surface area contributed by atoms with E-state index in [1.807, 2.05) is 51.1 Å². The molecule has 3 unspecified atom stereocenters. The maximum Gasteiger partial charge on any atom is 0.249 e. The fourth-order valence-electron chi connectivity index (χ4n) is 5.56. The summed E-state index contributed by atoms with van der Waals surface area (Å²) in [7, 11) is 0. The van der Waals surface area contributed by atoms with Crippen LogP contribution in [-0.2, 0) is 20.8 Å². The van der Waals surface area contributed by atoms with Crippen molar-refractivity contribution in [1.82, 2.24) is 9.88 Å². The first kappa shape index (κ1) is 24.3. The Bertz CT molecular complexity index is 1320. The quantitative estimate of drug-likeness (QED) is 0.461. The standard InChI is InChI=1S/C28H28FN3O3S/c1-27(2)20-13-14-28(27,3)25(35)32(24(20)34)22(15-17-7-5-4-6-8-17)23(33)31-26-30-21(16-36-26)18-9-11-19(29)12-10-18/h4-12,16,20,22H,13-15H2,1-3H3,(H,30,31,33). The summed E-state index contributed by atoms with van der Waals surface area (Å²) in [5.74, 6) is -1.66. The molecule has 2 bridgehead atoms. The Hall–Kier alpha value is -3.39. The zero-order valence-electron chi connectivity index (χ0n) is 20.5. The van der Waals surface area contributed by atoms with Crippen LogP contribution >= 0.6 is 11.3 Å². The predicted octanol–water partition coefficient (Wildman–Crippen LogP) is 5.31. The number of hydrogen-bond donors (Lipinski definition) is 1. The van der Waals surface area contributed by atoms with Crippen LogP contribution in [0.4, 0.5) is 9.52 Å². The van der Waals surface area contributed by atoms with E-state index in [2.05, 4.69) is 10.3 Å². The van der Waals surface area contributed by atoms with E-state index in [9.17, 15) is 18.8 Å². The zero-order valence-corrected chi connectivity index (χ0v) is 21.3. The first-order valence-electron chi connectivity index (χ1n) is 12.1. The number of likely N-dealkylation sites (tertiary alicyclic amines) is 1. The van der Waals surface area contributed by atoms with Crippen molar-refractivity contribution in [3.8, 4) is 11.3 Å². The molecule has 6 nitrogen and oxygen atoms in total. The monoisotopic (exact) mass is 505 g/mol. The number of fused-ring (bicyclic) bond motifs is 2. The second kappa shape index (κ2) is 8.92. The van der Waals surface area contributed by atoms with Gasteiger partial charge in [-0.25, -0.2) is 9.37 Å². The van der Waals surface area contributed by atoms with Gasteiger partial charge in [-0.3, -0.25) is 19.3 Å². The van der Waals surface area contributed by atoms with Gasteiger partial charge in [0.25, 0.3) is 0 Å². The first-order valence-corrected chi connectivity index (χ1v) is 12.9. The van der Waals surface area contributed by atoms with Crippen molar-refractivity contribution in [2.24, 2.45) is 16.7 Å². The third kappa shape index (κ3) is 3.93. The zero-order chi connectivity index (χ0) is 25.7. The average Bonchev–Trinajstić information content (AvgIpc) is 3.38. The molecule has 1 saturated heterocycles. The molecule has 1 N–H and O–H groups in total. The second-order valence-corrected chi connectivity index (χ2v) is 11.3. The number of nitrogens with zero attached hydrogens (tertiary/aromatic N) is 2. The normalized spacial score (nSPS) is 23.6. The number of nitrogens with one attached hydrogen (secondary N) is 1. The third-order valence-electron chi connectivity index (χ3n) is 8.21. The number of amides is 3. The van der Waals surface area contributed by atoms with Gasteiger partial charge in [-0.2, -0.15) is 0 Å². The molecule has 0 spiro atoms. The van der Waals surface area contributed by atoms with Crippen LogP contribution in [0.2, 0.25) is 0 Å². The van der Waals surface area contributed by atoms with E-state index in [4.69, 9.17) is 0 Å². The summed E-state index contributed by atoms with van der Waals surface area (Å²) in [4.78, 5) is 46.8. The molecule has 1 saturated carbocycles. The number of halogens is 1. The number of benzene rings is 2. The molecule has 8 heteroatoms. The van der Waals surface area contributed by atoms with Gasteiger partial charge in [-0.05, 0) is 48.1 Å². The Balaban J connectivity index is 1.45. The SMILES string of the molecule is CC12CCC(C(=O)N(C(Cc3ccccc3)C(=O)Nc3nc(-c4ccc(F)cc4)cs3)C1=O)C2(C)C. The van der Waals surface area contributed by atoms with Crippen LogP contribution in [0.15, 0.2) is 60.0 Å². The van der Waals surface area contributed by atoms with Crippen LogP contribution in [0.1, 0.15) is 39.2 Å². The van der Waals surface area contributed by atoms with Gasteiger partial charge < -0.3 is 5.32 Å². The van der Waals surface area contributed by atoms with Crippen molar-refractivity contribution in [3.63, 3.8) is 0 Å². The summed E-state index contributed by atoms with van der Waals surface area (Å²) in [6.07, 6.45) is 1.47. The smallest absolute Gasteiger partial charge is 0.249 e. The molecule has 1 aliphatic carbocycles. The molecule has 3 amide bonds. The number of hydrogen-bond acceptors (Lipinski definition) is 5. The number of imide groups is 1. The second-order valence-electron chi connectivity index (χ2n) is 10.4. The van der Waals surface area contributed by atoms with Crippen molar-refractivity contribution in [1.29, 1.82) is 0 Å². The Morgan fingerprint density at radius 1 is 1.14 bits per heavy atom. The maximum absolute atomic E-state index is 13.8. The highest BCUT2D eigenvalue weighted by molar-refractivity contribution is 7.14. The summed E-state index contributed by atoms with van der Waals surface area (Å²) in [6.45, 7) is 5.88. The third-order valence-corrected chi connectivity index (χ3v) is 8.97. The van der Waals surface area contributed by atoms with Crippen LogP contribution in [0.3, 0.4) is 0 Å². The highest BCUT2D eigenvalue weighted by atomic mass is 32.1. The molecule has 0 radical (unpaired) electrons. The predicted molar refractivity (Wildman–Crippen MR) is 137 cm³/mol. The number of carbonyl (C=O) groups excluding carboxylic acids is 3. The molecule has 2 aromatic carbocycles. The summed E-state index contributed by atoms with van der Waals surface area (Å²) in [5.41, 5.74) is 1.00. The molecule has 1 aromatic heterocycles. The number of carbonyl (C=O) groups is 3. The summed E-state index contributed by atoms with van der Waals surface area (Å²) >= 11 is 1.24. The number of piperidine rings is 1. The number of thiazole rings is 1. The van der Waals surface area contributed by atoms with Gasteiger partial charge >= 0.3 is 0 Å². The van der Waals surface area contributed by atoms with Crippen LogP contribution < -0.4 is 5.32 Å². The van der Waals surface area contributed by atoms with Crippen LogP contribution in [0.25, 0.3) is 11.3 Å². The average molecular weight is 506 g/mol. The van der Waals surface area contributed by atoms with E-state index in [1.165, 1.54) is 28.4 Å². The van der Waals surface area contributed by atoms with Gasteiger partial charge in [0.15, 0.2) is 5.13 Å². The lowest BCUT2D eigenvalue weighted by atomic mass is 9.62. The lowest BCUT2D eigenvalue weighted by molar-refractivity contribution is -0.172. The van der Waals surface area contributed by atoms with Gasteiger partial charge in [0, 0.05) is 23.3 Å². The summed E-state index contributed by atoms with van der Waals surface area (Å²) in [5, 5.41) is 4.96. The first-order chi connectivity index (χ1) is 17.1. The number of rotatable bonds is 6. The summed E-state index contributed by atoms with van der Waals surface area (Å²) in [6, 6.07) is 14.3. The van der Waals surface area contributed by atoms with Gasteiger partial charge in [-0.1, -0.05) is 51.1 Å². The van der Waals surface area contributed by atoms with Crippen LogP contribution in [0, 0.1) is 22.6 Å². The number of anilines is 1. The van der Waals surface area contributed by atoms with Gasteiger partial charge in [0.05, 0.1) is 11.1 Å². The Morgan fingerprint density at radius 3 is 2.53 bits per heavy atom. The fourth-order valence-corrected chi connectivity index (χ4v) is 6.28. The van der Waals surface area contributed by atoms with Crippen molar-refractivity contribution in [2.45, 2.75) is 46.1 Å². The van der Waals surface area contributed by atoms with Crippen molar-refractivity contribution >= 4 is 34.2 Å². The van der Waals surface area contributed by atoms with E-state index in [0.717, 1.165) is 11.1 Å². The van der Waals surface area contributed by atoms with Gasteiger partial charge in [0.1, 0.15) is 11.9 Å². The van der Waals surface area contributed by atoms with E-state index in [-0.39, 0.29) is 30.0 Å².